The van der Waals surface area contributed by atoms with Gasteiger partial charge in [0.2, 0.25) is 5.91 Å². The number of halogens is 1. The van der Waals surface area contributed by atoms with E-state index in [9.17, 15) is 9.59 Å². The minimum absolute atomic E-state index is 0.0560. The van der Waals surface area contributed by atoms with Gasteiger partial charge < -0.3 is 10.6 Å². The second kappa shape index (κ2) is 7.16. The standard InChI is InChI=1S/C13H17BrN2O2/c1-9(2)16-12(17)6-7-15-13(18)10-4-3-5-11(14)8-10/h3-5,8-9H,6-7H2,1-2H3,(H,15,18)(H,16,17). The van der Waals surface area contributed by atoms with Crippen molar-refractivity contribution in [1.29, 1.82) is 0 Å². The molecule has 0 spiro atoms. The van der Waals surface area contributed by atoms with E-state index in [0.29, 0.717) is 12.1 Å². The summed E-state index contributed by atoms with van der Waals surface area (Å²) in [5.41, 5.74) is 0.577. The molecule has 1 aromatic rings. The van der Waals surface area contributed by atoms with Gasteiger partial charge in [0, 0.05) is 29.0 Å². The van der Waals surface area contributed by atoms with Gasteiger partial charge in [-0.3, -0.25) is 9.59 Å². The predicted octanol–water partition coefficient (Wildman–Crippen LogP) is 2.09. The van der Waals surface area contributed by atoms with E-state index < -0.39 is 0 Å². The number of amides is 2. The lowest BCUT2D eigenvalue weighted by atomic mass is 10.2. The molecule has 4 nitrogen and oxygen atoms in total. The SMILES string of the molecule is CC(C)NC(=O)CCNC(=O)c1cccc(Br)c1. The van der Waals surface area contributed by atoms with E-state index in [-0.39, 0.29) is 24.3 Å². The van der Waals surface area contributed by atoms with Crippen LogP contribution in [0.25, 0.3) is 0 Å². The largest absolute Gasteiger partial charge is 0.354 e. The van der Waals surface area contributed by atoms with Gasteiger partial charge in [-0.2, -0.15) is 0 Å². The lowest BCUT2D eigenvalue weighted by Gasteiger charge is -2.09. The number of carbonyl (C=O) groups is 2. The Morgan fingerprint density at radius 2 is 2.06 bits per heavy atom. The van der Waals surface area contributed by atoms with Crippen molar-refractivity contribution in [2.75, 3.05) is 6.54 Å². The zero-order valence-electron chi connectivity index (χ0n) is 10.5. The molecule has 0 radical (unpaired) electrons. The van der Waals surface area contributed by atoms with Crippen molar-refractivity contribution in [2.45, 2.75) is 26.3 Å². The number of carbonyl (C=O) groups excluding carboxylic acids is 2. The van der Waals surface area contributed by atoms with E-state index in [2.05, 4.69) is 26.6 Å². The fourth-order valence-corrected chi connectivity index (χ4v) is 1.81. The Bertz CT molecular complexity index is 433. The Kier molecular flexibility index (Phi) is 5.85. The topological polar surface area (TPSA) is 58.2 Å². The van der Waals surface area contributed by atoms with Crippen LogP contribution in [0.2, 0.25) is 0 Å². The van der Waals surface area contributed by atoms with Gasteiger partial charge in [-0.25, -0.2) is 0 Å². The minimum atomic E-state index is -0.173. The Balaban J connectivity index is 2.36. The molecule has 0 aliphatic heterocycles. The first-order valence-corrected chi connectivity index (χ1v) is 6.61. The van der Waals surface area contributed by atoms with Crippen molar-refractivity contribution in [3.63, 3.8) is 0 Å². The maximum Gasteiger partial charge on any atom is 0.251 e. The normalized spacial score (nSPS) is 10.2. The Morgan fingerprint density at radius 1 is 1.33 bits per heavy atom. The van der Waals surface area contributed by atoms with Gasteiger partial charge in [0.15, 0.2) is 0 Å². The highest BCUT2D eigenvalue weighted by Gasteiger charge is 2.07. The number of nitrogens with one attached hydrogen (secondary N) is 2. The zero-order chi connectivity index (χ0) is 13.5. The van der Waals surface area contributed by atoms with Gasteiger partial charge in [0.1, 0.15) is 0 Å². The molecule has 1 rings (SSSR count). The van der Waals surface area contributed by atoms with Gasteiger partial charge in [0.05, 0.1) is 0 Å². The molecule has 0 fully saturated rings. The summed E-state index contributed by atoms with van der Waals surface area (Å²) in [4.78, 5) is 23.1. The molecule has 98 valence electrons. The molecule has 0 saturated carbocycles. The highest BCUT2D eigenvalue weighted by molar-refractivity contribution is 9.10. The summed E-state index contributed by atoms with van der Waals surface area (Å²) in [5, 5.41) is 5.48. The van der Waals surface area contributed by atoms with Crippen molar-refractivity contribution in [3.05, 3.63) is 34.3 Å². The summed E-state index contributed by atoms with van der Waals surface area (Å²) in [6.07, 6.45) is 0.290. The maximum absolute atomic E-state index is 11.7. The Hall–Kier alpha value is -1.36. The quantitative estimate of drug-likeness (QED) is 0.874. The van der Waals surface area contributed by atoms with Gasteiger partial charge in [-0.15, -0.1) is 0 Å². The van der Waals surface area contributed by atoms with Crippen LogP contribution in [-0.4, -0.2) is 24.4 Å². The fourth-order valence-electron chi connectivity index (χ4n) is 1.42. The van der Waals surface area contributed by atoms with E-state index in [1.165, 1.54) is 0 Å². The first kappa shape index (κ1) is 14.7. The van der Waals surface area contributed by atoms with E-state index in [4.69, 9.17) is 0 Å². The molecular formula is C13H17BrN2O2. The van der Waals surface area contributed by atoms with E-state index >= 15 is 0 Å². The summed E-state index contributed by atoms with van der Waals surface area (Å²) < 4.78 is 0.854. The first-order chi connectivity index (χ1) is 8.49. The second-order valence-corrected chi connectivity index (χ2v) is 5.15. The Morgan fingerprint density at radius 3 is 2.67 bits per heavy atom. The first-order valence-electron chi connectivity index (χ1n) is 5.82. The third kappa shape index (κ3) is 5.31. The molecule has 0 saturated heterocycles. The van der Waals surface area contributed by atoms with Gasteiger partial charge in [-0.05, 0) is 32.0 Å². The van der Waals surface area contributed by atoms with Crippen molar-refractivity contribution >= 4 is 27.7 Å². The van der Waals surface area contributed by atoms with Crippen molar-refractivity contribution in [1.82, 2.24) is 10.6 Å². The monoisotopic (exact) mass is 312 g/mol. The zero-order valence-corrected chi connectivity index (χ0v) is 12.1. The summed E-state index contributed by atoms with van der Waals surface area (Å²) in [6, 6.07) is 7.24. The molecule has 2 amide bonds. The second-order valence-electron chi connectivity index (χ2n) is 4.24. The van der Waals surface area contributed by atoms with Crippen LogP contribution in [0.15, 0.2) is 28.7 Å². The van der Waals surface area contributed by atoms with Crippen LogP contribution in [0, 0.1) is 0 Å². The summed E-state index contributed by atoms with van der Waals surface area (Å²) in [6.45, 7) is 4.14. The highest BCUT2D eigenvalue weighted by atomic mass is 79.9. The van der Waals surface area contributed by atoms with Crippen LogP contribution >= 0.6 is 15.9 Å². The van der Waals surface area contributed by atoms with Crippen LogP contribution in [0.5, 0.6) is 0 Å². The summed E-state index contributed by atoms with van der Waals surface area (Å²) in [7, 11) is 0. The Labute approximate surface area is 115 Å². The van der Waals surface area contributed by atoms with E-state index in [1.807, 2.05) is 19.9 Å². The molecule has 0 bridgehead atoms. The van der Waals surface area contributed by atoms with Gasteiger partial charge in [-0.1, -0.05) is 22.0 Å². The minimum Gasteiger partial charge on any atom is -0.354 e. The van der Waals surface area contributed by atoms with Crippen LogP contribution in [0.4, 0.5) is 0 Å². The molecule has 0 aliphatic rings. The van der Waals surface area contributed by atoms with Crippen LogP contribution in [0.1, 0.15) is 30.6 Å². The number of rotatable bonds is 5. The highest BCUT2D eigenvalue weighted by Crippen LogP contribution is 2.11. The van der Waals surface area contributed by atoms with Gasteiger partial charge >= 0.3 is 0 Å². The van der Waals surface area contributed by atoms with Crippen LogP contribution < -0.4 is 10.6 Å². The molecule has 0 aromatic heterocycles. The third-order valence-corrected chi connectivity index (χ3v) is 2.67. The third-order valence-electron chi connectivity index (χ3n) is 2.17. The average molecular weight is 313 g/mol. The molecule has 0 aliphatic carbocycles. The molecule has 2 N–H and O–H groups in total. The van der Waals surface area contributed by atoms with Crippen molar-refractivity contribution in [2.24, 2.45) is 0 Å². The molecular weight excluding hydrogens is 296 g/mol. The molecule has 0 unspecified atom stereocenters. The number of hydrogen-bond donors (Lipinski definition) is 2. The van der Waals surface area contributed by atoms with Crippen LogP contribution in [0.3, 0.4) is 0 Å². The lowest BCUT2D eigenvalue weighted by molar-refractivity contribution is -0.121. The number of benzene rings is 1. The summed E-state index contributed by atoms with van der Waals surface area (Å²) in [5.74, 6) is -0.229. The van der Waals surface area contributed by atoms with Gasteiger partial charge in [0.25, 0.3) is 5.91 Å². The molecule has 18 heavy (non-hydrogen) atoms. The van der Waals surface area contributed by atoms with E-state index in [0.717, 1.165) is 4.47 Å². The smallest absolute Gasteiger partial charge is 0.251 e. The molecule has 0 heterocycles. The molecule has 1 aromatic carbocycles. The summed E-state index contributed by atoms with van der Waals surface area (Å²) >= 11 is 3.30. The number of hydrogen-bond acceptors (Lipinski definition) is 2. The molecule has 0 atom stereocenters. The average Bonchev–Trinajstić information content (AvgIpc) is 2.27. The van der Waals surface area contributed by atoms with E-state index in [1.54, 1.807) is 18.2 Å². The maximum atomic E-state index is 11.7. The van der Waals surface area contributed by atoms with Crippen LogP contribution in [-0.2, 0) is 4.79 Å². The van der Waals surface area contributed by atoms with Crippen molar-refractivity contribution in [3.8, 4) is 0 Å². The lowest BCUT2D eigenvalue weighted by Crippen LogP contribution is -2.34. The fraction of sp³-hybridized carbons (Fsp3) is 0.385. The molecule has 5 heteroatoms. The predicted molar refractivity (Wildman–Crippen MR) is 74.4 cm³/mol. The van der Waals surface area contributed by atoms with Crippen molar-refractivity contribution < 1.29 is 9.59 Å².